The number of nitrogens with zero attached hydrogens (tertiary/aromatic N) is 1. The molecule has 0 N–H and O–H groups in total. The predicted octanol–water partition coefficient (Wildman–Crippen LogP) is 14.8. The summed E-state index contributed by atoms with van der Waals surface area (Å²) in [6.45, 7) is 4.70. The molecule has 0 bridgehead atoms. The van der Waals surface area contributed by atoms with Crippen molar-refractivity contribution >= 4 is 60.4 Å². The number of para-hydroxylation sites is 1. The lowest BCUT2D eigenvalue weighted by atomic mass is 9.82. The second-order valence-corrected chi connectivity index (χ2v) is 15.6. The molecular weight excluding hydrogens is 667 g/mol. The van der Waals surface area contributed by atoms with Crippen molar-refractivity contribution < 1.29 is 4.42 Å². The SMILES string of the molecule is CC1(C)c2ccccc2-c2cc(N(C3=CC=C(c4cccc5c4oc4ccc6ccccc6c45)CC3)c3cccc(-c4cccc5ccccc45)c3)ccc21. The zero-order chi connectivity index (χ0) is 36.7. The molecule has 11 rings (SSSR count). The zero-order valence-electron chi connectivity index (χ0n) is 31.0. The Labute approximate surface area is 321 Å². The molecule has 0 aliphatic heterocycles. The summed E-state index contributed by atoms with van der Waals surface area (Å²) in [6.07, 6.45) is 6.46. The fraction of sp³-hybridized carbons (Fsp3) is 0.0943. The van der Waals surface area contributed by atoms with Crippen molar-refractivity contribution in [2.75, 3.05) is 4.90 Å². The molecule has 0 saturated heterocycles. The number of hydrogen-bond acceptors (Lipinski definition) is 2. The lowest BCUT2D eigenvalue weighted by Crippen LogP contribution is -2.19. The van der Waals surface area contributed by atoms with Crippen molar-refractivity contribution in [2.45, 2.75) is 32.1 Å². The van der Waals surface area contributed by atoms with Gasteiger partial charge in [-0.25, -0.2) is 0 Å². The van der Waals surface area contributed by atoms with Gasteiger partial charge in [0.15, 0.2) is 0 Å². The van der Waals surface area contributed by atoms with E-state index in [0.29, 0.717) is 0 Å². The van der Waals surface area contributed by atoms with Crippen molar-refractivity contribution in [1.29, 1.82) is 0 Å². The lowest BCUT2D eigenvalue weighted by Gasteiger charge is -2.31. The summed E-state index contributed by atoms with van der Waals surface area (Å²) in [5, 5.41) is 7.35. The molecule has 0 amide bonds. The van der Waals surface area contributed by atoms with Gasteiger partial charge in [0.2, 0.25) is 0 Å². The van der Waals surface area contributed by atoms with Crippen LogP contribution in [0.5, 0.6) is 0 Å². The summed E-state index contributed by atoms with van der Waals surface area (Å²) in [4.78, 5) is 2.49. The molecule has 2 aliphatic rings. The second-order valence-electron chi connectivity index (χ2n) is 15.6. The van der Waals surface area contributed by atoms with E-state index in [9.17, 15) is 0 Å². The van der Waals surface area contributed by atoms with Gasteiger partial charge in [-0.15, -0.1) is 0 Å². The summed E-state index contributed by atoms with van der Waals surface area (Å²) in [7, 11) is 0. The Hall–Kier alpha value is -6.64. The van der Waals surface area contributed by atoms with Crippen LogP contribution in [0, 0.1) is 0 Å². The third kappa shape index (κ3) is 4.95. The Balaban J connectivity index is 1.06. The first-order chi connectivity index (χ1) is 27.0. The van der Waals surface area contributed by atoms with Crippen molar-refractivity contribution in [3.63, 3.8) is 0 Å². The summed E-state index contributed by atoms with van der Waals surface area (Å²) in [6, 6.07) is 59.9. The van der Waals surface area contributed by atoms with Gasteiger partial charge in [-0.3, -0.25) is 0 Å². The van der Waals surface area contributed by atoms with Crippen LogP contribution in [0.15, 0.2) is 186 Å². The monoisotopic (exact) mass is 705 g/mol. The molecule has 1 heterocycles. The second kappa shape index (κ2) is 12.2. The van der Waals surface area contributed by atoms with Gasteiger partial charge in [-0.05, 0) is 110 Å². The van der Waals surface area contributed by atoms with E-state index in [1.165, 1.54) is 88.2 Å². The molecule has 0 saturated carbocycles. The van der Waals surface area contributed by atoms with E-state index in [1.807, 2.05) is 0 Å². The maximum Gasteiger partial charge on any atom is 0.142 e. The highest BCUT2D eigenvalue weighted by atomic mass is 16.3. The first-order valence-electron chi connectivity index (χ1n) is 19.4. The molecule has 2 aliphatic carbocycles. The van der Waals surface area contributed by atoms with E-state index >= 15 is 0 Å². The van der Waals surface area contributed by atoms with Crippen molar-refractivity contribution in [3.05, 3.63) is 198 Å². The standard InChI is InChI=1S/C53H39NO/c1-53(2)48-23-8-7-19-45(48)47-33-40(29-30-49(47)53)54(39-16-9-15-37(32-39)42-20-10-14-34-12-3-5-17-41(34)42)38-27-24-36(25-28-38)44-21-11-22-46-51-43-18-6-4-13-35(43)26-31-50(51)55-52(44)46/h3-24,26-27,29-33H,25,28H2,1-2H3. The molecule has 0 atom stereocenters. The highest BCUT2D eigenvalue weighted by Crippen LogP contribution is 2.51. The van der Waals surface area contributed by atoms with Crippen LogP contribution in [0.4, 0.5) is 11.4 Å². The van der Waals surface area contributed by atoms with E-state index < -0.39 is 0 Å². The van der Waals surface area contributed by atoms with Gasteiger partial charge < -0.3 is 9.32 Å². The number of allylic oxidation sites excluding steroid dienone is 4. The normalized spacial score (nSPS) is 14.6. The van der Waals surface area contributed by atoms with Crippen LogP contribution in [-0.2, 0) is 5.41 Å². The fourth-order valence-corrected chi connectivity index (χ4v) is 9.48. The third-order valence-electron chi connectivity index (χ3n) is 12.2. The van der Waals surface area contributed by atoms with Crippen LogP contribution in [0.2, 0.25) is 0 Å². The molecule has 55 heavy (non-hydrogen) atoms. The largest absolute Gasteiger partial charge is 0.455 e. The molecule has 2 nitrogen and oxygen atoms in total. The Morgan fingerprint density at radius 3 is 2.04 bits per heavy atom. The number of hydrogen-bond donors (Lipinski definition) is 0. The molecular formula is C53H39NO. The van der Waals surface area contributed by atoms with Crippen LogP contribution >= 0.6 is 0 Å². The maximum atomic E-state index is 6.66. The zero-order valence-corrected chi connectivity index (χ0v) is 31.0. The predicted molar refractivity (Wildman–Crippen MR) is 232 cm³/mol. The van der Waals surface area contributed by atoms with Gasteiger partial charge in [0.25, 0.3) is 0 Å². The highest BCUT2D eigenvalue weighted by Gasteiger charge is 2.35. The number of benzene rings is 8. The van der Waals surface area contributed by atoms with Gasteiger partial charge >= 0.3 is 0 Å². The topological polar surface area (TPSA) is 16.4 Å². The Morgan fingerprint density at radius 2 is 1.16 bits per heavy atom. The van der Waals surface area contributed by atoms with Crippen molar-refractivity contribution in [2.24, 2.45) is 0 Å². The molecule has 262 valence electrons. The molecule has 0 fully saturated rings. The van der Waals surface area contributed by atoms with E-state index in [2.05, 4.69) is 195 Å². The molecule has 0 unspecified atom stereocenters. The molecule has 0 spiro atoms. The van der Waals surface area contributed by atoms with Crippen LogP contribution in [0.3, 0.4) is 0 Å². The number of fused-ring (bicyclic) bond motifs is 9. The summed E-state index contributed by atoms with van der Waals surface area (Å²) >= 11 is 0. The molecule has 2 heteroatoms. The average Bonchev–Trinajstić information content (AvgIpc) is 3.73. The van der Waals surface area contributed by atoms with Gasteiger partial charge in [0.1, 0.15) is 11.2 Å². The first-order valence-corrected chi connectivity index (χ1v) is 19.4. The summed E-state index contributed by atoms with van der Waals surface area (Å²) < 4.78 is 6.66. The average molecular weight is 706 g/mol. The van der Waals surface area contributed by atoms with Crippen LogP contribution in [-0.4, -0.2) is 0 Å². The maximum absolute atomic E-state index is 6.66. The van der Waals surface area contributed by atoms with E-state index in [0.717, 1.165) is 29.7 Å². The fourth-order valence-electron chi connectivity index (χ4n) is 9.48. The van der Waals surface area contributed by atoms with Crippen LogP contribution in [0.1, 0.15) is 43.4 Å². The third-order valence-corrected chi connectivity index (χ3v) is 12.2. The summed E-state index contributed by atoms with van der Waals surface area (Å²) in [5.41, 5.74) is 15.8. The van der Waals surface area contributed by atoms with Gasteiger partial charge in [0.05, 0.1) is 0 Å². The highest BCUT2D eigenvalue weighted by molar-refractivity contribution is 6.20. The van der Waals surface area contributed by atoms with Gasteiger partial charge in [0, 0.05) is 38.8 Å². The van der Waals surface area contributed by atoms with Gasteiger partial charge in [-0.1, -0.05) is 153 Å². The van der Waals surface area contributed by atoms with Crippen LogP contribution in [0.25, 0.3) is 71.3 Å². The molecule has 1 aromatic heterocycles. The number of anilines is 2. The van der Waals surface area contributed by atoms with Gasteiger partial charge in [-0.2, -0.15) is 0 Å². The number of furan rings is 1. The molecule has 8 aromatic carbocycles. The molecule has 9 aromatic rings. The minimum Gasteiger partial charge on any atom is -0.455 e. The van der Waals surface area contributed by atoms with Crippen molar-refractivity contribution in [3.8, 4) is 22.3 Å². The first kappa shape index (κ1) is 31.8. The smallest absolute Gasteiger partial charge is 0.142 e. The minimum absolute atomic E-state index is 0.0464. The molecule has 0 radical (unpaired) electrons. The van der Waals surface area contributed by atoms with Crippen LogP contribution < -0.4 is 4.90 Å². The quantitative estimate of drug-likeness (QED) is 0.177. The summed E-state index contributed by atoms with van der Waals surface area (Å²) in [5.74, 6) is 0. The van der Waals surface area contributed by atoms with E-state index in [-0.39, 0.29) is 5.41 Å². The van der Waals surface area contributed by atoms with Crippen molar-refractivity contribution in [1.82, 2.24) is 0 Å². The van der Waals surface area contributed by atoms with E-state index in [1.54, 1.807) is 0 Å². The Morgan fingerprint density at radius 1 is 0.491 bits per heavy atom. The van der Waals surface area contributed by atoms with E-state index in [4.69, 9.17) is 4.42 Å². The number of rotatable bonds is 5. The Bertz CT molecular complexity index is 3080. The minimum atomic E-state index is -0.0464. The Kier molecular flexibility index (Phi) is 7.06. The lowest BCUT2D eigenvalue weighted by molar-refractivity contribution is 0.660.